The topological polar surface area (TPSA) is 76.4 Å². The van der Waals surface area contributed by atoms with Crippen LogP contribution in [-0.2, 0) is 17.7 Å². The summed E-state index contributed by atoms with van der Waals surface area (Å²) in [4.78, 5) is 4.65. The molecule has 0 saturated heterocycles. The molecule has 7 nitrogen and oxygen atoms in total. The Morgan fingerprint density at radius 1 is 1.24 bits per heavy atom. The van der Waals surface area contributed by atoms with Crippen molar-refractivity contribution in [1.82, 2.24) is 25.4 Å². The smallest absolute Gasteiger partial charge is 0.191 e. The van der Waals surface area contributed by atoms with E-state index in [0.717, 1.165) is 43.4 Å². The van der Waals surface area contributed by atoms with Gasteiger partial charge in [0.05, 0.1) is 6.54 Å². The third-order valence-electron chi connectivity index (χ3n) is 3.87. The highest BCUT2D eigenvalue weighted by atomic mass is 16.5. The Morgan fingerprint density at radius 3 is 2.72 bits per heavy atom. The van der Waals surface area contributed by atoms with Gasteiger partial charge < -0.3 is 19.9 Å². The van der Waals surface area contributed by atoms with E-state index in [0.29, 0.717) is 6.54 Å². The number of rotatable bonds is 9. The number of guanidine groups is 1. The Balaban J connectivity index is 1.91. The molecule has 1 unspecified atom stereocenters. The monoisotopic (exact) mass is 344 g/mol. The van der Waals surface area contributed by atoms with Crippen LogP contribution in [0.15, 0.2) is 41.7 Å². The van der Waals surface area contributed by atoms with Gasteiger partial charge in [-0.25, -0.2) is 0 Å². The molecule has 25 heavy (non-hydrogen) atoms. The van der Waals surface area contributed by atoms with E-state index in [9.17, 15) is 0 Å². The number of aryl methyl sites for hydroxylation is 1. The van der Waals surface area contributed by atoms with Gasteiger partial charge in [-0.05, 0) is 12.5 Å². The molecule has 2 rings (SSSR count). The molecule has 0 aliphatic heterocycles. The van der Waals surface area contributed by atoms with Gasteiger partial charge in [-0.3, -0.25) is 4.99 Å². The largest absolute Gasteiger partial charge is 0.375 e. The number of methoxy groups -OCH3 is 1. The summed E-state index contributed by atoms with van der Waals surface area (Å²) in [6, 6.07) is 10.1. The molecule has 0 fully saturated rings. The zero-order chi connectivity index (χ0) is 17.9. The van der Waals surface area contributed by atoms with Gasteiger partial charge in [-0.15, -0.1) is 10.2 Å². The molecule has 1 heterocycles. The van der Waals surface area contributed by atoms with E-state index in [-0.39, 0.29) is 6.10 Å². The van der Waals surface area contributed by atoms with E-state index in [4.69, 9.17) is 4.74 Å². The Hall–Kier alpha value is -2.41. The predicted octanol–water partition coefficient (Wildman–Crippen LogP) is 1.78. The van der Waals surface area contributed by atoms with Crippen molar-refractivity contribution in [2.24, 2.45) is 4.99 Å². The number of aromatic nitrogens is 3. The van der Waals surface area contributed by atoms with Crippen molar-refractivity contribution >= 4 is 5.96 Å². The highest BCUT2D eigenvalue weighted by Crippen LogP contribution is 2.16. The molecule has 1 aromatic carbocycles. The quantitative estimate of drug-likeness (QED) is 0.536. The highest BCUT2D eigenvalue weighted by Gasteiger charge is 2.10. The lowest BCUT2D eigenvalue weighted by molar-refractivity contribution is 0.111. The van der Waals surface area contributed by atoms with Crippen molar-refractivity contribution in [2.45, 2.75) is 32.9 Å². The van der Waals surface area contributed by atoms with Crippen LogP contribution in [0.1, 0.15) is 31.3 Å². The van der Waals surface area contributed by atoms with Crippen LogP contribution in [0.25, 0.3) is 0 Å². The van der Waals surface area contributed by atoms with Crippen LogP contribution in [0.3, 0.4) is 0 Å². The minimum absolute atomic E-state index is 0.0544. The number of ether oxygens (including phenoxy) is 1. The summed E-state index contributed by atoms with van der Waals surface area (Å²) < 4.78 is 7.63. The number of nitrogens with one attached hydrogen (secondary N) is 2. The first-order valence-electron chi connectivity index (χ1n) is 8.75. The molecular weight excluding hydrogens is 316 g/mol. The summed E-state index contributed by atoms with van der Waals surface area (Å²) in [5.41, 5.74) is 1.13. The lowest BCUT2D eigenvalue weighted by atomic mass is 10.1. The molecule has 0 aliphatic rings. The second-order valence-electron chi connectivity index (χ2n) is 5.58. The maximum atomic E-state index is 5.58. The first-order valence-corrected chi connectivity index (χ1v) is 8.75. The first kappa shape index (κ1) is 18.9. The van der Waals surface area contributed by atoms with Crippen molar-refractivity contribution in [3.8, 4) is 0 Å². The molecule has 2 N–H and O–H groups in total. The maximum Gasteiger partial charge on any atom is 0.191 e. The van der Waals surface area contributed by atoms with Gasteiger partial charge in [0.1, 0.15) is 18.3 Å². The minimum Gasteiger partial charge on any atom is -0.375 e. The summed E-state index contributed by atoms with van der Waals surface area (Å²) in [5, 5.41) is 14.7. The molecule has 0 bridgehead atoms. The van der Waals surface area contributed by atoms with E-state index in [1.165, 1.54) is 0 Å². The molecule has 0 saturated carbocycles. The molecule has 0 aliphatic carbocycles. The standard InChI is InChI=1S/C18H28N6O/c1-4-17-23-22-14-24(17)12-11-20-18(19-5-2)21-13-16(25-3)15-9-7-6-8-10-15/h6-10,14,16H,4-5,11-13H2,1-3H3,(H2,19,20,21). The van der Waals surface area contributed by atoms with Crippen molar-refractivity contribution < 1.29 is 4.74 Å². The third-order valence-corrected chi connectivity index (χ3v) is 3.87. The fraction of sp³-hybridized carbons (Fsp3) is 0.500. The summed E-state index contributed by atoms with van der Waals surface area (Å²) in [5.74, 6) is 1.78. The average molecular weight is 344 g/mol. The maximum absolute atomic E-state index is 5.58. The first-order chi connectivity index (χ1) is 12.3. The van der Waals surface area contributed by atoms with Gasteiger partial charge in [0.25, 0.3) is 0 Å². The van der Waals surface area contributed by atoms with Gasteiger partial charge >= 0.3 is 0 Å². The van der Waals surface area contributed by atoms with Crippen LogP contribution in [-0.4, -0.2) is 47.5 Å². The predicted molar refractivity (Wildman–Crippen MR) is 99.6 cm³/mol. The van der Waals surface area contributed by atoms with E-state index in [1.54, 1.807) is 13.4 Å². The molecule has 7 heteroatoms. The molecule has 2 aromatic rings. The zero-order valence-corrected chi connectivity index (χ0v) is 15.3. The second kappa shape index (κ2) is 10.5. The van der Waals surface area contributed by atoms with Crippen molar-refractivity contribution in [1.29, 1.82) is 0 Å². The fourth-order valence-electron chi connectivity index (χ4n) is 2.53. The third kappa shape index (κ3) is 5.86. The number of nitrogens with zero attached hydrogens (tertiary/aromatic N) is 4. The lowest BCUT2D eigenvalue weighted by Crippen LogP contribution is -2.39. The Labute approximate surface area is 149 Å². The van der Waals surface area contributed by atoms with E-state index >= 15 is 0 Å². The van der Waals surface area contributed by atoms with Crippen LogP contribution >= 0.6 is 0 Å². The molecule has 0 amide bonds. The Morgan fingerprint density at radius 2 is 2.04 bits per heavy atom. The molecule has 0 radical (unpaired) electrons. The summed E-state index contributed by atoms with van der Waals surface area (Å²) in [7, 11) is 1.71. The lowest BCUT2D eigenvalue weighted by Gasteiger charge is -2.16. The number of aliphatic imine (C=N–C) groups is 1. The van der Waals surface area contributed by atoms with Crippen LogP contribution in [0.2, 0.25) is 0 Å². The molecule has 1 atom stereocenters. The number of hydrogen-bond acceptors (Lipinski definition) is 4. The number of benzene rings is 1. The van der Waals surface area contributed by atoms with Gasteiger partial charge in [0.2, 0.25) is 0 Å². The Bertz CT molecular complexity index is 640. The van der Waals surface area contributed by atoms with Crippen LogP contribution < -0.4 is 10.6 Å². The molecular formula is C18H28N6O. The van der Waals surface area contributed by atoms with E-state index in [1.807, 2.05) is 18.2 Å². The minimum atomic E-state index is -0.0544. The Kier molecular flexibility index (Phi) is 7.91. The zero-order valence-electron chi connectivity index (χ0n) is 15.3. The highest BCUT2D eigenvalue weighted by molar-refractivity contribution is 5.79. The summed E-state index contributed by atoms with van der Waals surface area (Å²) >= 11 is 0. The average Bonchev–Trinajstić information content (AvgIpc) is 3.10. The van der Waals surface area contributed by atoms with Crippen LogP contribution in [0, 0.1) is 0 Å². The normalized spacial score (nSPS) is 12.8. The number of hydrogen-bond donors (Lipinski definition) is 2. The van der Waals surface area contributed by atoms with Crippen molar-refractivity contribution in [3.63, 3.8) is 0 Å². The summed E-state index contributed by atoms with van der Waals surface area (Å²) in [6.45, 7) is 7.04. The molecule has 0 spiro atoms. The molecule has 1 aromatic heterocycles. The molecule has 136 valence electrons. The van der Waals surface area contributed by atoms with E-state index in [2.05, 4.69) is 56.4 Å². The van der Waals surface area contributed by atoms with Crippen molar-refractivity contribution in [3.05, 3.63) is 48.0 Å². The summed E-state index contributed by atoms with van der Waals surface area (Å²) in [6.07, 6.45) is 2.59. The van der Waals surface area contributed by atoms with Gasteiger partial charge in [-0.1, -0.05) is 37.3 Å². The van der Waals surface area contributed by atoms with E-state index < -0.39 is 0 Å². The van der Waals surface area contributed by atoms with Crippen LogP contribution in [0.4, 0.5) is 0 Å². The SMILES string of the molecule is CCNC(=NCC(OC)c1ccccc1)NCCn1cnnc1CC. The second-order valence-corrected chi connectivity index (χ2v) is 5.58. The van der Waals surface area contributed by atoms with Gasteiger partial charge in [-0.2, -0.15) is 0 Å². The van der Waals surface area contributed by atoms with Crippen molar-refractivity contribution in [2.75, 3.05) is 26.7 Å². The van der Waals surface area contributed by atoms with Gasteiger partial charge in [0.15, 0.2) is 5.96 Å². The van der Waals surface area contributed by atoms with Crippen LogP contribution in [0.5, 0.6) is 0 Å². The fourth-order valence-corrected chi connectivity index (χ4v) is 2.53. The van der Waals surface area contributed by atoms with Gasteiger partial charge in [0, 0.05) is 33.2 Å².